The molecule has 6 nitrogen and oxygen atoms in total. The number of hydrogen-bond donors (Lipinski definition) is 0. The average Bonchev–Trinajstić information content (AvgIpc) is 2.60. The summed E-state index contributed by atoms with van der Waals surface area (Å²) in [5, 5.41) is 0. The predicted octanol–water partition coefficient (Wildman–Crippen LogP) is 2.57. The number of aryl methyl sites for hydroxylation is 2. The minimum absolute atomic E-state index is 0.0385. The largest absolute Gasteiger partial charge is 0.385 e. The average molecular weight is 342 g/mol. The number of benzene rings is 1. The van der Waals surface area contributed by atoms with Crippen molar-refractivity contribution < 1.29 is 4.74 Å². The van der Waals surface area contributed by atoms with Crippen LogP contribution in [0.25, 0.3) is 0 Å². The van der Waals surface area contributed by atoms with E-state index in [-0.39, 0.29) is 5.56 Å². The van der Waals surface area contributed by atoms with E-state index >= 15 is 0 Å². The molecule has 6 heteroatoms. The van der Waals surface area contributed by atoms with Crippen molar-refractivity contribution in [3.63, 3.8) is 0 Å². The molecule has 0 N–H and O–H groups in total. The lowest BCUT2D eigenvalue weighted by Gasteiger charge is -2.38. The Morgan fingerprint density at radius 3 is 2.72 bits per heavy atom. The van der Waals surface area contributed by atoms with Gasteiger partial charge in [0.2, 0.25) is 5.95 Å². The van der Waals surface area contributed by atoms with Gasteiger partial charge in [0.05, 0.1) is 13.3 Å². The van der Waals surface area contributed by atoms with Crippen LogP contribution in [0.2, 0.25) is 0 Å². The molecule has 3 rings (SSSR count). The van der Waals surface area contributed by atoms with Gasteiger partial charge in [-0.1, -0.05) is 12.1 Å². The third-order valence-corrected chi connectivity index (χ3v) is 4.68. The van der Waals surface area contributed by atoms with E-state index in [1.54, 1.807) is 11.7 Å². The molecule has 2 heterocycles. The summed E-state index contributed by atoms with van der Waals surface area (Å²) >= 11 is 0. The summed E-state index contributed by atoms with van der Waals surface area (Å²) in [6.07, 6.45) is 0.931. The predicted molar refractivity (Wildman–Crippen MR) is 99.4 cm³/mol. The van der Waals surface area contributed by atoms with Gasteiger partial charge in [0.1, 0.15) is 0 Å². The Bertz CT molecular complexity index is 816. The van der Waals surface area contributed by atoms with E-state index in [1.807, 2.05) is 19.9 Å². The number of methoxy groups -OCH3 is 1. The normalized spacial score (nSPS) is 14.6. The highest BCUT2D eigenvalue weighted by molar-refractivity contribution is 5.59. The Morgan fingerprint density at radius 2 is 2.00 bits per heavy atom. The molecule has 2 aromatic rings. The molecule has 0 saturated carbocycles. The molecule has 0 radical (unpaired) electrons. The first-order chi connectivity index (χ1) is 12.0. The molecule has 1 aromatic heterocycles. The van der Waals surface area contributed by atoms with Gasteiger partial charge in [0, 0.05) is 37.2 Å². The summed E-state index contributed by atoms with van der Waals surface area (Å²) < 4.78 is 6.95. The number of aromatic nitrogens is 2. The van der Waals surface area contributed by atoms with Crippen LogP contribution in [0.5, 0.6) is 0 Å². The number of hydrogen-bond acceptors (Lipinski definition) is 5. The second-order valence-electron chi connectivity index (χ2n) is 6.65. The van der Waals surface area contributed by atoms with E-state index in [0.717, 1.165) is 30.3 Å². The summed E-state index contributed by atoms with van der Waals surface area (Å²) in [5.74, 6) is 0.724. The Hall–Kier alpha value is -2.18. The Morgan fingerprint density at radius 1 is 1.20 bits per heavy atom. The molecule has 134 valence electrons. The smallest absolute Gasteiger partial charge is 0.259 e. The van der Waals surface area contributed by atoms with Crippen molar-refractivity contribution in [1.29, 1.82) is 0 Å². The van der Waals surface area contributed by atoms with Gasteiger partial charge in [0.25, 0.3) is 5.56 Å². The molecule has 1 aliphatic heterocycles. The molecular weight excluding hydrogens is 316 g/mol. The minimum Gasteiger partial charge on any atom is -0.385 e. The summed E-state index contributed by atoms with van der Waals surface area (Å²) in [4.78, 5) is 21.9. The van der Waals surface area contributed by atoms with Crippen molar-refractivity contribution in [2.75, 3.05) is 31.8 Å². The lowest BCUT2D eigenvalue weighted by atomic mass is 10.2. The zero-order chi connectivity index (χ0) is 18.0. The summed E-state index contributed by atoms with van der Waals surface area (Å²) in [7, 11) is 1.71. The second kappa shape index (κ2) is 7.37. The van der Waals surface area contributed by atoms with Crippen LogP contribution < -0.4 is 10.5 Å². The molecule has 0 amide bonds. The third kappa shape index (κ3) is 3.60. The molecule has 0 saturated heterocycles. The Labute approximate surface area is 148 Å². The third-order valence-electron chi connectivity index (χ3n) is 4.68. The standard InChI is InChI=1S/C19H26N4O2/c1-14-7-5-8-17(11-14)22-12-21(9-6-10-25-4)13-23-18(24)15(2)16(3)20-19(22)23/h5,7-8,11H,6,9-10,12-13H2,1-4H3. The van der Waals surface area contributed by atoms with Crippen LogP contribution in [0.3, 0.4) is 0 Å². The van der Waals surface area contributed by atoms with E-state index in [1.165, 1.54) is 5.56 Å². The quantitative estimate of drug-likeness (QED) is 0.782. The zero-order valence-corrected chi connectivity index (χ0v) is 15.5. The zero-order valence-electron chi connectivity index (χ0n) is 15.5. The van der Waals surface area contributed by atoms with Crippen LogP contribution in [0, 0.1) is 20.8 Å². The summed E-state index contributed by atoms with van der Waals surface area (Å²) in [6, 6.07) is 8.31. The number of nitrogens with zero attached hydrogens (tertiary/aromatic N) is 4. The van der Waals surface area contributed by atoms with E-state index in [0.29, 0.717) is 25.5 Å². The van der Waals surface area contributed by atoms with Crippen molar-refractivity contribution in [2.24, 2.45) is 0 Å². The second-order valence-corrected chi connectivity index (χ2v) is 6.65. The monoisotopic (exact) mass is 342 g/mol. The molecule has 0 fully saturated rings. The van der Waals surface area contributed by atoms with Gasteiger partial charge in [-0.2, -0.15) is 0 Å². The van der Waals surface area contributed by atoms with Crippen LogP contribution in [0.4, 0.5) is 11.6 Å². The SMILES string of the molecule is COCCCN1CN(c2cccc(C)c2)c2nc(C)c(C)c(=O)n2C1. The van der Waals surface area contributed by atoms with Gasteiger partial charge < -0.3 is 4.74 Å². The van der Waals surface area contributed by atoms with E-state index in [9.17, 15) is 4.79 Å². The number of anilines is 2. The fourth-order valence-corrected chi connectivity index (χ4v) is 3.15. The first kappa shape index (κ1) is 17.6. The maximum absolute atomic E-state index is 12.8. The molecule has 0 atom stereocenters. The van der Waals surface area contributed by atoms with E-state index < -0.39 is 0 Å². The van der Waals surface area contributed by atoms with Crippen molar-refractivity contribution in [3.8, 4) is 0 Å². The summed E-state index contributed by atoms with van der Waals surface area (Å²) in [5.41, 5.74) is 3.79. The van der Waals surface area contributed by atoms with Gasteiger partial charge in [-0.05, 0) is 44.9 Å². The molecule has 0 bridgehead atoms. The van der Waals surface area contributed by atoms with Crippen molar-refractivity contribution in [1.82, 2.24) is 14.5 Å². The van der Waals surface area contributed by atoms with Gasteiger partial charge in [-0.25, -0.2) is 4.98 Å². The maximum Gasteiger partial charge on any atom is 0.259 e. The van der Waals surface area contributed by atoms with Crippen molar-refractivity contribution >= 4 is 11.6 Å². The lowest BCUT2D eigenvalue weighted by Crippen LogP contribution is -2.48. The fourth-order valence-electron chi connectivity index (χ4n) is 3.15. The van der Waals surface area contributed by atoms with Crippen molar-refractivity contribution in [2.45, 2.75) is 33.9 Å². The highest BCUT2D eigenvalue weighted by atomic mass is 16.5. The molecular formula is C19H26N4O2. The van der Waals surface area contributed by atoms with E-state index in [4.69, 9.17) is 9.72 Å². The number of fused-ring (bicyclic) bond motifs is 1. The van der Waals surface area contributed by atoms with Gasteiger partial charge in [-0.3, -0.25) is 19.2 Å². The maximum atomic E-state index is 12.8. The van der Waals surface area contributed by atoms with Crippen molar-refractivity contribution in [3.05, 3.63) is 51.4 Å². The minimum atomic E-state index is 0.0385. The lowest BCUT2D eigenvalue weighted by molar-refractivity contribution is 0.150. The Balaban J connectivity index is 2.03. The number of rotatable bonds is 5. The molecule has 0 spiro atoms. The number of ether oxygens (including phenoxy) is 1. The van der Waals surface area contributed by atoms with E-state index in [2.05, 4.69) is 34.9 Å². The Kier molecular flexibility index (Phi) is 5.20. The fraction of sp³-hybridized carbons (Fsp3) is 0.474. The summed E-state index contributed by atoms with van der Waals surface area (Å²) in [6.45, 7) is 8.68. The first-order valence-corrected chi connectivity index (χ1v) is 8.65. The van der Waals surface area contributed by atoms with Crippen LogP contribution in [-0.2, 0) is 11.4 Å². The van der Waals surface area contributed by atoms with Gasteiger partial charge in [0.15, 0.2) is 0 Å². The van der Waals surface area contributed by atoms with Crippen LogP contribution in [0.1, 0.15) is 23.2 Å². The van der Waals surface area contributed by atoms with Gasteiger partial charge in [-0.15, -0.1) is 0 Å². The molecule has 25 heavy (non-hydrogen) atoms. The van der Waals surface area contributed by atoms with Crippen LogP contribution in [-0.4, -0.2) is 41.4 Å². The highest BCUT2D eigenvalue weighted by Crippen LogP contribution is 2.28. The first-order valence-electron chi connectivity index (χ1n) is 8.65. The van der Waals surface area contributed by atoms with Gasteiger partial charge >= 0.3 is 0 Å². The topological polar surface area (TPSA) is 50.6 Å². The molecule has 0 aliphatic carbocycles. The van der Waals surface area contributed by atoms with Crippen LogP contribution >= 0.6 is 0 Å². The molecule has 1 aromatic carbocycles. The molecule has 0 unspecified atom stereocenters. The molecule has 1 aliphatic rings. The highest BCUT2D eigenvalue weighted by Gasteiger charge is 2.26. The van der Waals surface area contributed by atoms with Crippen LogP contribution in [0.15, 0.2) is 29.1 Å².